The highest BCUT2D eigenvalue weighted by atomic mass is 16.6. The van der Waals surface area contributed by atoms with Gasteiger partial charge in [0.05, 0.1) is 18.2 Å². The summed E-state index contributed by atoms with van der Waals surface area (Å²) < 4.78 is 12.7. The molecule has 0 unspecified atom stereocenters. The normalized spacial score (nSPS) is 24.3. The van der Waals surface area contributed by atoms with Gasteiger partial charge in [0.1, 0.15) is 30.1 Å². The molecular weight excluding hydrogens is 442 g/mol. The van der Waals surface area contributed by atoms with Gasteiger partial charge >= 0.3 is 5.97 Å². The number of carbonyl (C=O) groups excluding carboxylic acids is 2. The summed E-state index contributed by atoms with van der Waals surface area (Å²) in [6.45, 7) is 5.12. The number of aromatic nitrogens is 3. The Labute approximate surface area is 197 Å². The van der Waals surface area contributed by atoms with E-state index < -0.39 is 36.5 Å². The van der Waals surface area contributed by atoms with Crippen LogP contribution in [0.1, 0.15) is 58.6 Å². The predicted octanol–water partition coefficient (Wildman–Crippen LogP) is 1.68. The zero-order valence-electron chi connectivity index (χ0n) is 19.6. The molecule has 1 aliphatic heterocycles. The maximum atomic E-state index is 12.6. The van der Waals surface area contributed by atoms with Crippen molar-refractivity contribution in [3.05, 3.63) is 24.2 Å². The summed E-state index contributed by atoms with van der Waals surface area (Å²) >= 11 is 0. The van der Waals surface area contributed by atoms with Crippen molar-refractivity contribution in [2.75, 3.05) is 11.9 Å². The van der Waals surface area contributed by atoms with E-state index in [1.165, 1.54) is 16.9 Å². The van der Waals surface area contributed by atoms with E-state index in [1.807, 2.05) is 26.8 Å². The number of hydrogen-bond donors (Lipinski definition) is 3. The molecule has 0 aliphatic carbocycles. The number of aliphatic hydroxyl groups is 2. The Kier molecular flexibility index (Phi) is 8.19. The molecule has 0 saturated carbocycles. The van der Waals surface area contributed by atoms with Crippen molar-refractivity contribution in [1.82, 2.24) is 14.6 Å². The molecule has 4 atom stereocenters. The molecule has 0 radical (unpaired) electrons. The minimum absolute atomic E-state index is 0.156. The van der Waals surface area contributed by atoms with Crippen molar-refractivity contribution in [3.8, 4) is 6.07 Å². The standard InChI is InChI=1S/C23H31N5O6/c1-4-7-8-18(30)27-21-15-9-10-17(28(15)26-13-25-21)23(12-24)20(31)19(16(11-29)34-23)33-22(32)14(5-2)6-3/h9-10,13-14,16,19-20,29,31H,4-8,11H2,1-3H3,(H,25,26,27,30)/t16-,19-,20-,23+/m1/s1. The van der Waals surface area contributed by atoms with Crippen LogP contribution in [0.2, 0.25) is 0 Å². The second kappa shape index (κ2) is 10.9. The summed E-state index contributed by atoms with van der Waals surface area (Å²) in [6.07, 6.45) is 0.306. The second-order valence-corrected chi connectivity index (χ2v) is 8.32. The van der Waals surface area contributed by atoms with Crippen LogP contribution in [0.15, 0.2) is 18.5 Å². The average molecular weight is 474 g/mol. The molecule has 3 rings (SSSR count). The van der Waals surface area contributed by atoms with Crippen molar-refractivity contribution in [3.63, 3.8) is 0 Å². The number of aliphatic hydroxyl groups excluding tert-OH is 2. The van der Waals surface area contributed by atoms with E-state index in [-0.39, 0.29) is 23.3 Å². The highest BCUT2D eigenvalue weighted by Crippen LogP contribution is 2.42. The first kappa shape index (κ1) is 25.6. The summed E-state index contributed by atoms with van der Waals surface area (Å²) in [7, 11) is 0. The van der Waals surface area contributed by atoms with Gasteiger partial charge in [-0.1, -0.05) is 27.2 Å². The third kappa shape index (κ3) is 4.61. The Balaban J connectivity index is 1.96. The number of nitriles is 1. The zero-order chi connectivity index (χ0) is 24.9. The number of nitrogens with one attached hydrogen (secondary N) is 1. The quantitative estimate of drug-likeness (QED) is 0.436. The molecule has 3 heterocycles. The highest BCUT2D eigenvalue weighted by Gasteiger charge is 2.59. The van der Waals surface area contributed by atoms with Crippen LogP contribution in [0.25, 0.3) is 5.52 Å². The number of carbonyl (C=O) groups is 2. The molecule has 1 aliphatic rings. The predicted molar refractivity (Wildman–Crippen MR) is 120 cm³/mol. The number of nitrogens with zero attached hydrogens (tertiary/aromatic N) is 4. The van der Waals surface area contributed by atoms with Crippen LogP contribution in [0.3, 0.4) is 0 Å². The summed E-state index contributed by atoms with van der Waals surface area (Å²) in [4.78, 5) is 28.9. The molecule has 1 saturated heterocycles. The van der Waals surface area contributed by atoms with Gasteiger partial charge in [-0.15, -0.1) is 0 Å². The summed E-state index contributed by atoms with van der Waals surface area (Å²) in [5.41, 5.74) is -1.43. The fourth-order valence-electron chi connectivity index (χ4n) is 4.15. The SMILES string of the molecule is CCCCC(=O)Nc1ncnn2c([C@]3(C#N)O[C@H](CO)[C@@H](OC(=O)C(CC)CC)[C@H]3O)ccc12. The van der Waals surface area contributed by atoms with E-state index in [0.29, 0.717) is 24.8 Å². The maximum Gasteiger partial charge on any atom is 0.309 e. The van der Waals surface area contributed by atoms with Crippen LogP contribution in [-0.4, -0.2) is 61.6 Å². The number of fused-ring (bicyclic) bond motifs is 1. The van der Waals surface area contributed by atoms with Crippen LogP contribution in [0.5, 0.6) is 0 Å². The molecule has 1 amide bonds. The molecule has 0 spiro atoms. The second-order valence-electron chi connectivity index (χ2n) is 8.32. The van der Waals surface area contributed by atoms with Crippen LogP contribution in [-0.2, 0) is 24.7 Å². The average Bonchev–Trinajstić information content (AvgIpc) is 3.39. The minimum atomic E-state index is -1.98. The maximum absolute atomic E-state index is 12.6. The first-order valence-corrected chi connectivity index (χ1v) is 11.6. The third-order valence-electron chi connectivity index (χ3n) is 6.20. The molecule has 1 fully saturated rings. The lowest BCUT2D eigenvalue weighted by Gasteiger charge is -2.25. The van der Waals surface area contributed by atoms with Crippen molar-refractivity contribution in [1.29, 1.82) is 5.26 Å². The molecular formula is C23H31N5O6. The van der Waals surface area contributed by atoms with Gasteiger partial charge in [0.15, 0.2) is 11.9 Å². The van der Waals surface area contributed by atoms with Gasteiger partial charge in [0, 0.05) is 6.42 Å². The van der Waals surface area contributed by atoms with E-state index in [2.05, 4.69) is 15.4 Å². The Morgan fingerprint density at radius 2 is 2.09 bits per heavy atom. The van der Waals surface area contributed by atoms with E-state index in [9.17, 15) is 25.1 Å². The van der Waals surface area contributed by atoms with Crippen LogP contribution < -0.4 is 5.32 Å². The van der Waals surface area contributed by atoms with E-state index in [4.69, 9.17) is 9.47 Å². The smallest absolute Gasteiger partial charge is 0.309 e. The molecule has 11 heteroatoms. The largest absolute Gasteiger partial charge is 0.456 e. The molecule has 2 aromatic rings. The number of amides is 1. The fraction of sp³-hybridized carbons (Fsp3) is 0.609. The first-order valence-electron chi connectivity index (χ1n) is 11.6. The van der Waals surface area contributed by atoms with Gasteiger partial charge in [-0.3, -0.25) is 9.59 Å². The lowest BCUT2D eigenvalue weighted by Crippen LogP contribution is -2.43. The molecule has 3 N–H and O–H groups in total. The van der Waals surface area contributed by atoms with Crippen molar-refractivity contribution in [2.24, 2.45) is 5.92 Å². The number of esters is 1. The van der Waals surface area contributed by atoms with Crippen molar-refractivity contribution < 1.29 is 29.3 Å². The van der Waals surface area contributed by atoms with Crippen molar-refractivity contribution in [2.45, 2.75) is 76.8 Å². The lowest BCUT2D eigenvalue weighted by molar-refractivity contribution is -0.161. The van der Waals surface area contributed by atoms with Crippen LogP contribution in [0.4, 0.5) is 5.82 Å². The number of anilines is 1. The van der Waals surface area contributed by atoms with Gasteiger partial charge in [0.25, 0.3) is 0 Å². The molecule has 184 valence electrons. The van der Waals surface area contributed by atoms with Gasteiger partial charge in [-0.25, -0.2) is 9.50 Å². The summed E-state index contributed by atoms with van der Waals surface area (Å²) in [5, 5.41) is 38.0. The Hall–Kier alpha value is -3.07. The van der Waals surface area contributed by atoms with Gasteiger partial charge in [-0.2, -0.15) is 10.4 Å². The minimum Gasteiger partial charge on any atom is -0.456 e. The summed E-state index contributed by atoms with van der Waals surface area (Å²) in [5.74, 6) is -0.849. The van der Waals surface area contributed by atoms with Gasteiger partial charge in [-0.05, 0) is 31.4 Å². The Bertz CT molecular complexity index is 1060. The highest BCUT2D eigenvalue weighted by molar-refractivity contribution is 5.93. The number of hydrogen-bond acceptors (Lipinski definition) is 9. The summed E-state index contributed by atoms with van der Waals surface area (Å²) in [6, 6.07) is 5.11. The molecule has 0 aromatic carbocycles. The first-order chi connectivity index (χ1) is 16.4. The lowest BCUT2D eigenvalue weighted by atomic mass is 9.92. The molecule has 2 aromatic heterocycles. The topological polar surface area (TPSA) is 159 Å². The van der Waals surface area contributed by atoms with Gasteiger partial charge < -0.3 is 25.0 Å². The van der Waals surface area contributed by atoms with E-state index >= 15 is 0 Å². The number of ether oxygens (including phenoxy) is 2. The number of rotatable bonds is 10. The number of unbranched alkanes of at least 4 members (excludes halogenated alkanes) is 1. The third-order valence-corrected chi connectivity index (χ3v) is 6.20. The zero-order valence-corrected chi connectivity index (χ0v) is 19.6. The Morgan fingerprint density at radius 1 is 1.35 bits per heavy atom. The van der Waals surface area contributed by atoms with Crippen LogP contribution >= 0.6 is 0 Å². The van der Waals surface area contributed by atoms with Crippen LogP contribution in [0, 0.1) is 17.2 Å². The molecule has 11 nitrogen and oxygen atoms in total. The monoisotopic (exact) mass is 473 g/mol. The van der Waals surface area contributed by atoms with Gasteiger partial charge in [0.2, 0.25) is 11.5 Å². The molecule has 34 heavy (non-hydrogen) atoms. The fourth-order valence-corrected chi connectivity index (χ4v) is 4.15. The molecule has 0 bridgehead atoms. The van der Waals surface area contributed by atoms with E-state index in [0.717, 1.165) is 12.8 Å². The van der Waals surface area contributed by atoms with Crippen molar-refractivity contribution >= 4 is 23.2 Å². The van der Waals surface area contributed by atoms with E-state index in [1.54, 1.807) is 6.07 Å². The Morgan fingerprint density at radius 3 is 2.71 bits per heavy atom.